The molecule has 1 amide bonds. The van der Waals surface area contributed by atoms with Crippen molar-refractivity contribution in [2.75, 3.05) is 32.7 Å². The van der Waals surface area contributed by atoms with E-state index in [0.29, 0.717) is 32.7 Å². The summed E-state index contributed by atoms with van der Waals surface area (Å²) in [6.07, 6.45) is 3.23. The van der Waals surface area contributed by atoms with Gasteiger partial charge in [-0.05, 0) is 51.3 Å². The number of likely N-dealkylation sites (tertiary alicyclic amines) is 1. The minimum atomic E-state index is -3.70. The topological polar surface area (TPSA) is 60.9 Å². The highest BCUT2D eigenvalue weighted by molar-refractivity contribution is 7.89. The third-order valence-electron chi connectivity index (χ3n) is 5.61. The number of carbonyl (C=O) groups excluding carboxylic acids is 1. The SMILES string of the molecule is C[C@@H]1CCC[C@H](C)N1C(=O)CN1CCN(S(=O)(=O)c2cccc(F)c2)CC1. The summed E-state index contributed by atoms with van der Waals surface area (Å²) in [6, 6.07) is 5.60. The molecule has 1 aromatic rings. The Morgan fingerprint density at radius 1 is 1.11 bits per heavy atom. The fraction of sp³-hybridized carbons (Fsp3) is 0.632. The van der Waals surface area contributed by atoms with Crippen LogP contribution in [0.5, 0.6) is 0 Å². The molecule has 2 aliphatic heterocycles. The fourth-order valence-electron chi connectivity index (χ4n) is 4.09. The quantitative estimate of drug-likeness (QED) is 0.779. The average molecular weight is 398 g/mol. The first-order chi connectivity index (χ1) is 12.8. The highest BCUT2D eigenvalue weighted by atomic mass is 32.2. The van der Waals surface area contributed by atoms with Gasteiger partial charge in [0.15, 0.2) is 0 Å². The van der Waals surface area contributed by atoms with Gasteiger partial charge in [0.1, 0.15) is 5.82 Å². The summed E-state index contributed by atoms with van der Waals surface area (Å²) >= 11 is 0. The lowest BCUT2D eigenvalue weighted by Gasteiger charge is -2.41. The zero-order valence-electron chi connectivity index (χ0n) is 16.0. The molecule has 1 aromatic carbocycles. The standard InChI is InChI=1S/C19H28FN3O3S/c1-15-5-3-6-16(2)23(15)19(24)14-21-9-11-22(12-10-21)27(25,26)18-8-4-7-17(20)13-18/h4,7-8,13,15-16H,3,5-6,9-12,14H2,1-2H3/t15-,16+. The molecule has 0 aromatic heterocycles. The fourth-order valence-corrected chi connectivity index (χ4v) is 5.54. The molecule has 150 valence electrons. The van der Waals surface area contributed by atoms with Gasteiger partial charge in [0.2, 0.25) is 15.9 Å². The van der Waals surface area contributed by atoms with Gasteiger partial charge in [0.05, 0.1) is 11.4 Å². The van der Waals surface area contributed by atoms with Gasteiger partial charge in [-0.3, -0.25) is 9.69 Å². The summed E-state index contributed by atoms with van der Waals surface area (Å²) in [6.45, 7) is 6.11. The zero-order chi connectivity index (χ0) is 19.6. The van der Waals surface area contributed by atoms with Crippen molar-refractivity contribution in [1.82, 2.24) is 14.1 Å². The second-order valence-electron chi connectivity index (χ2n) is 7.57. The van der Waals surface area contributed by atoms with Crippen LogP contribution in [0.25, 0.3) is 0 Å². The van der Waals surface area contributed by atoms with E-state index in [4.69, 9.17) is 0 Å². The predicted molar refractivity (Wildman–Crippen MR) is 101 cm³/mol. The Balaban J connectivity index is 1.58. The largest absolute Gasteiger partial charge is 0.336 e. The molecule has 2 heterocycles. The Morgan fingerprint density at radius 3 is 2.33 bits per heavy atom. The Labute approximate surface area is 161 Å². The van der Waals surface area contributed by atoms with E-state index in [2.05, 4.69) is 13.8 Å². The van der Waals surface area contributed by atoms with Crippen LogP contribution in [0.2, 0.25) is 0 Å². The summed E-state index contributed by atoms with van der Waals surface area (Å²) in [5.74, 6) is -0.443. The maximum Gasteiger partial charge on any atom is 0.243 e. The van der Waals surface area contributed by atoms with Gasteiger partial charge in [-0.25, -0.2) is 12.8 Å². The van der Waals surface area contributed by atoms with Crippen molar-refractivity contribution in [2.45, 2.75) is 50.1 Å². The van der Waals surface area contributed by atoms with Gasteiger partial charge < -0.3 is 4.90 Å². The third kappa shape index (κ3) is 4.50. The number of hydrogen-bond donors (Lipinski definition) is 0. The molecule has 3 rings (SSSR count). The van der Waals surface area contributed by atoms with Crippen LogP contribution in [0.4, 0.5) is 4.39 Å². The molecule has 2 saturated heterocycles. The number of amides is 1. The molecule has 0 radical (unpaired) electrons. The highest BCUT2D eigenvalue weighted by Gasteiger charge is 2.32. The molecule has 8 heteroatoms. The van der Waals surface area contributed by atoms with Gasteiger partial charge in [-0.15, -0.1) is 0 Å². The van der Waals surface area contributed by atoms with E-state index in [-0.39, 0.29) is 22.9 Å². The molecule has 27 heavy (non-hydrogen) atoms. The van der Waals surface area contributed by atoms with Gasteiger partial charge in [-0.2, -0.15) is 4.31 Å². The van der Waals surface area contributed by atoms with Crippen LogP contribution in [-0.2, 0) is 14.8 Å². The van der Waals surface area contributed by atoms with E-state index in [0.717, 1.165) is 25.3 Å². The van der Waals surface area contributed by atoms with Gasteiger partial charge in [0.25, 0.3) is 0 Å². The number of halogens is 1. The summed E-state index contributed by atoms with van der Waals surface area (Å²) in [4.78, 5) is 16.7. The normalized spacial score (nSPS) is 25.5. The molecular formula is C19H28FN3O3S. The number of hydrogen-bond acceptors (Lipinski definition) is 4. The van der Waals surface area contributed by atoms with Crippen LogP contribution in [0.3, 0.4) is 0 Å². The Hall–Kier alpha value is -1.51. The van der Waals surface area contributed by atoms with Crippen molar-refractivity contribution in [3.8, 4) is 0 Å². The lowest BCUT2D eigenvalue weighted by Crippen LogP contribution is -2.54. The van der Waals surface area contributed by atoms with Crippen LogP contribution in [0.15, 0.2) is 29.2 Å². The minimum absolute atomic E-state index is 0.0250. The molecule has 0 unspecified atom stereocenters. The van der Waals surface area contributed by atoms with Crippen molar-refractivity contribution in [3.63, 3.8) is 0 Å². The van der Waals surface area contributed by atoms with Crippen LogP contribution in [0.1, 0.15) is 33.1 Å². The second-order valence-corrected chi connectivity index (χ2v) is 9.51. The molecule has 0 saturated carbocycles. The minimum Gasteiger partial charge on any atom is -0.336 e. The van der Waals surface area contributed by atoms with Gasteiger partial charge in [-0.1, -0.05) is 6.07 Å². The first-order valence-corrected chi connectivity index (χ1v) is 11.0. The number of piperazine rings is 1. The predicted octanol–water partition coefficient (Wildman–Crippen LogP) is 1.92. The molecule has 0 N–H and O–H groups in total. The smallest absolute Gasteiger partial charge is 0.243 e. The van der Waals surface area contributed by atoms with Crippen LogP contribution in [0, 0.1) is 5.82 Å². The van der Waals surface area contributed by atoms with E-state index in [9.17, 15) is 17.6 Å². The number of sulfonamides is 1. The average Bonchev–Trinajstić information content (AvgIpc) is 2.62. The monoisotopic (exact) mass is 397 g/mol. The lowest BCUT2D eigenvalue weighted by atomic mass is 9.97. The number of rotatable bonds is 4. The van der Waals surface area contributed by atoms with Crippen LogP contribution < -0.4 is 0 Å². The molecule has 0 spiro atoms. The number of piperidine rings is 1. The van der Waals surface area contributed by atoms with Gasteiger partial charge in [0, 0.05) is 38.3 Å². The van der Waals surface area contributed by atoms with E-state index >= 15 is 0 Å². The first-order valence-electron chi connectivity index (χ1n) is 9.58. The van der Waals surface area contributed by atoms with Crippen molar-refractivity contribution in [1.29, 1.82) is 0 Å². The summed E-state index contributed by atoms with van der Waals surface area (Å²) < 4.78 is 40.1. The Bertz CT molecular complexity index is 768. The lowest BCUT2D eigenvalue weighted by molar-refractivity contribution is -0.138. The number of nitrogens with zero attached hydrogens (tertiary/aromatic N) is 3. The first kappa shape index (κ1) is 20.2. The van der Waals surface area contributed by atoms with Gasteiger partial charge >= 0.3 is 0 Å². The Kier molecular flexibility index (Phi) is 6.18. The highest BCUT2D eigenvalue weighted by Crippen LogP contribution is 2.23. The van der Waals surface area contributed by atoms with E-state index in [1.54, 1.807) is 0 Å². The summed E-state index contributed by atoms with van der Waals surface area (Å²) in [5.41, 5.74) is 0. The molecular weight excluding hydrogens is 369 g/mol. The van der Waals surface area contributed by atoms with E-state index < -0.39 is 15.8 Å². The van der Waals surface area contributed by atoms with Crippen molar-refractivity contribution < 1.29 is 17.6 Å². The van der Waals surface area contributed by atoms with Crippen molar-refractivity contribution in [2.24, 2.45) is 0 Å². The van der Waals surface area contributed by atoms with E-state index in [1.807, 2.05) is 9.80 Å². The van der Waals surface area contributed by atoms with E-state index in [1.165, 1.54) is 22.5 Å². The summed E-state index contributed by atoms with van der Waals surface area (Å²) in [5, 5.41) is 0. The summed E-state index contributed by atoms with van der Waals surface area (Å²) in [7, 11) is -3.70. The molecule has 2 fully saturated rings. The number of benzene rings is 1. The Morgan fingerprint density at radius 2 is 1.74 bits per heavy atom. The molecule has 2 atom stereocenters. The molecule has 2 aliphatic rings. The third-order valence-corrected chi connectivity index (χ3v) is 7.50. The van der Waals surface area contributed by atoms with Crippen LogP contribution in [-0.4, -0.2) is 73.2 Å². The maximum absolute atomic E-state index is 13.4. The van der Waals surface area contributed by atoms with Crippen LogP contribution >= 0.6 is 0 Å². The second kappa shape index (κ2) is 8.24. The molecule has 0 aliphatic carbocycles. The maximum atomic E-state index is 13.4. The molecule has 6 nitrogen and oxygen atoms in total. The van der Waals surface area contributed by atoms with Crippen molar-refractivity contribution in [3.05, 3.63) is 30.1 Å². The zero-order valence-corrected chi connectivity index (χ0v) is 16.8. The molecule has 0 bridgehead atoms. The van der Waals surface area contributed by atoms with Crippen molar-refractivity contribution >= 4 is 15.9 Å². The number of carbonyl (C=O) groups is 1.